The van der Waals surface area contributed by atoms with Crippen LogP contribution < -0.4 is 5.32 Å². The number of nitrogens with one attached hydrogen (secondary N) is 1. The van der Waals surface area contributed by atoms with E-state index in [1.54, 1.807) is 6.08 Å². The van der Waals surface area contributed by atoms with E-state index in [4.69, 9.17) is 4.74 Å². The summed E-state index contributed by atoms with van der Waals surface area (Å²) < 4.78 is 5.47. The van der Waals surface area contributed by atoms with Crippen molar-refractivity contribution < 1.29 is 24.5 Å². The predicted octanol–water partition coefficient (Wildman–Crippen LogP) is 20.2. The molecule has 0 rings (SSSR count). The van der Waals surface area contributed by atoms with E-state index in [1.807, 2.05) is 6.08 Å². The molecule has 0 radical (unpaired) electrons. The molecule has 0 bridgehead atoms. The Morgan fingerprint density at radius 1 is 0.380 bits per heavy atom. The Kier molecular flexibility index (Phi) is 59.5. The number of amides is 1. The zero-order chi connectivity index (χ0) is 51.4. The first kappa shape index (κ1) is 69.3. The Labute approximate surface area is 443 Å². The second-order valence-corrected chi connectivity index (χ2v) is 22.1. The first-order valence-corrected chi connectivity index (χ1v) is 32.1. The van der Waals surface area contributed by atoms with Crippen LogP contribution >= 0.6 is 0 Å². The third-order valence-electron chi connectivity index (χ3n) is 15.0. The van der Waals surface area contributed by atoms with Crippen molar-refractivity contribution in [1.29, 1.82) is 0 Å². The molecule has 6 nitrogen and oxygen atoms in total. The number of aliphatic hydroxyl groups is 2. The zero-order valence-electron chi connectivity index (χ0n) is 48.0. The van der Waals surface area contributed by atoms with E-state index in [9.17, 15) is 19.8 Å². The second kappa shape index (κ2) is 60.9. The van der Waals surface area contributed by atoms with Gasteiger partial charge in [0.15, 0.2) is 0 Å². The van der Waals surface area contributed by atoms with Crippen LogP contribution in [0.3, 0.4) is 0 Å². The Morgan fingerprint density at radius 3 is 1.03 bits per heavy atom. The number of hydrogen-bond acceptors (Lipinski definition) is 5. The molecule has 0 aromatic rings. The minimum atomic E-state index is -0.840. The molecule has 0 saturated carbocycles. The largest absolute Gasteiger partial charge is 0.466 e. The smallest absolute Gasteiger partial charge is 0.305 e. The van der Waals surface area contributed by atoms with Crippen molar-refractivity contribution in [3.05, 3.63) is 24.3 Å². The van der Waals surface area contributed by atoms with Gasteiger partial charge in [-0.25, -0.2) is 0 Å². The molecule has 0 fully saturated rings. The molecular weight excluding hydrogens is 875 g/mol. The van der Waals surface area contributed by atoms with Crippen LogP contribution in [0.4, 0.5) is 0 Å². The number of ether oxygens (including phenoxy) is 1. The van der Waals surface area contributed by atoms with Crippen molar-refractivity contribution in [1.82, 2.24) is 5.32 Å². The van der Waals surface area contributed by atoms with Gasteiger partial charge in [-0.3, -0.25) is 9.59 Å². The molecule has 71 heavy (non-hydrogen) atoms. The summed E-state index contributed by atoms with van der Waals surface area (Å²) in [6.45, 7) is 4.89. The fraction of sp³-hybridized carbons (Fsp3) is 0.908. The van der Waals surface area contributed by atoms with Crippen LogP contribution in [0.5, 0.6) is 0 Å². The number of carbonyl (C=O) groups is 2. The average Bonchev–Trinajstić information content (AvgIpc) is 3.37. The van der Waals surface area contributed by atoms with Gasteiger partial charge in [0.1, 0.15) is 0 Å². The van der Waals surface area contributed by atoms with Gasteiger partial charge in [-0.2, -0.15) is 0 Å². The van der Waals surface area contributed by atoms with Crippen molar-refractivity contribution in [2.24, 2.45) is 0 Å². The van der Waals surface area contributed by atoms with E-state index in [1.165, 1.54) is 283 Å². The molecule has 420 valence electrons. The molecule has 0 aromatic carbocycles. The van der Waals surface area contributed by atoms with Gasteiger partial charge in [0.2, 0.25) is 5.91 Å². The van der Waals surface area contributed by atoms with Crippen LogP contribution in [-0.2, 0) is 14.3 Å². The molecule has 0 heterocycles. The molecule has 6 heteroatoms. The van der Waals surface area contributed by atoms with E-state index >= 15 is 0 Å². The summed E-state index contributed by atoms with van der Waals surface area (Å²) >= 11 is 0. The fourth-order valence-corrected chi connectivity index (χ4v) is 10.0. The van der Waals surface area contributed by atoms with Crippen molar-refractivity contribution >= 4 is 11.9 Å². The van der Waals surface area contributed by atoms with Gasteiger partial charge in [0, 0.05) is 12.8 Å². The lowest BCUT2D eigenvalue weighted by Gasteiger charge is -2.20. The highest BCUT2D eigenvalue weighted by atomic mass is 16.5. The van der Waals surface area contributed by atoms with Crippen LogP contribution in [0.1, 0.15) is 354 Å². The molecule has 0 spiro atoms. The number of rotatable bonds is 60. The van der Waals surface area contributed by atoms with E-state index in [0.717, 1.165) is 44.9 Å². The monoisotopic (exact) mass is 1000 g/mol. The van der Waals surface area contributed by atoms with Crippen LogP contribution in [-0.4, -0.2) is 47.4 Å². The molecule has 0 aliphatic carbocycles. The van der Waals surface area contributed by atoms with Gasteiger partial charge in [-0.15, -0.1) is 0 Å². The maximum absolute atomic E-state index is 12.4. The summed E-state index contributed by atoms with van der Waals surface area (Å²) in [5.74, 6) is -0.0537. The van der Waals surface area contributed by atoms with E-state index < -0.39 is 12.1 Å². The second-order valence-electron chi connectivity index (χ2n) is 22.1. The summed E-state index contributed by atoms with van der Waals surface area (Å²) in [7, 11) is 0. The highest BCUT2D eigenvalue weighted by molar-refractivity contribution is 5.76. The zero-order valence-corrected chi connectivity index (χ0v) is 48.0. The quantitative estimate of drug-likeness (QED) is 0.0320. The summed E-state index contributed by atoms with van der Waals surface area (Å²) in [5.41, 5.74) is 0. The maximum Gasteiger partial charge on any atom is 0.305 e. The number of aliphatic hydroxyl groups excluding tert-OH is 2. The number of hydrogen-bond donors (Lipinski definition) is 3. The number of unbranched alkanes of at least 4 members (excludes halogenated alkanes) is 47. The molecular formula is C65H125NO5. The molecule has 1 amide bonds. The lowest BCUT2D eigenvalue weighted by molar-refractivity contribution is -0.143. The Hall–Kier alpha value is -1.66. The number of esters is 1. The van der Waals surface area contributed by atoms with Gasteiger partial charge in [0.25, 0.3) is 0 Å². The minimum Gasteiger partial charge on any atom is -0.466 e. The van der Waals surface area contributed by atoms with Crippen LogP contribution in [0.15, 0.2) is 24.3 Å². The Bertz CT molecular complexity index is 1110. The van der Waals surface area contributed by atoms with E-state index in [-0.39, 0.29) is 18.5 Å². The van der Waals surface area contributed by atoms with Gasteiger partial charge >= 0.3 is 5.97 Å². The molecule has 2 atom stereocenters. The van der Waals surface area contributed by atoms with Crippen LogP contribution in [0.25, 0.3) is 0 Å². The first-order chi connectivity index (χ1) is 35.0. The standard InChI is InChI=1S/C65H125NO5/c1-3-5-7-9-11-13-15-37-41-45-49-53-57-63(68)62(61-67)66-64(69)58-54-50-46-42-38-35-33-31-29-27-25-23-21-19-17-18-20-22-24-26-28-30-32-34-36-40-44-48-52-56-60-71-65(70)59-55-51-47-43-39-16-14-12-10-8-6-4-2/h12,14,53,57,62-63,67-68H,3-11,13,15-52,54-56,58-61H2,1-2H3,(H,66,69)/b14-12-,57-53+. The third kappa shape index (κ3) is 57.5. The van der Waals surface area contributed by atoms with Crippen molar-refractivity contribution in [3.63, 3.8) is 0 Å². The van der Waals surface area contributed by atoms with Gasteiger partial charge in [-0.1, -0.05) is 308 Å². The number of allylic oxidation sites excluding steroid dienone is 3. The summed E-state index contributed by atoms with van der Waals surface area (Å²) in [6.07, 6.45) is 75.3. The maximum atomic E-state index is 12.4. The lowest BCUT2D eigenvalue weighted by atomic mass is 10.0. The number of carbonyl (C=O) groups excluding carboxylic acids is 2. The fourth-order valence-electron chi connectivity index (χ4n) is 10.0. The molecule has 3 N–H and O–H groups in total. The topological polar surface area (TPSA) is 95.9 Å². The van der Waals surface area contributed by atoms with E-state index in [0.29, 0.717) is 19.4 Å². The SMILES string of the molecule is CCCCC/C=C\CCCCCCCC(=O)OCCCCCCCCCCCCCCCCCCCCCCCCCCCCCCCCC(=O)NC(CO)C(O)/C=C/CCCCCCCCCCCC. The third-order valence-corrected chi connectivity index (χ3v) is 15.0. The Morgan fingerprint density at radius 2 is 0.662 bits per heavy atom. The molecule has 0 saturated heterocycles. The lowest BCUT2D eigenvalue weighted by Crippen LogP contribution is -2.45. The first-order valence-electron chi connectivity index (χ1n) is 32.1. The van der Waals surface area contributed by atoms with Crippen LogP contribution in [0, 0.1) is 0 Å². The van der Waals surface area contributed by atoms with Crippen molar-refractivity contribution in [3.8, 4) is 0 Å². The highest BCUT2D eigenvalue weighted by Gasteiger charge is 2.18. The molecule has 2 unspecified atom stereocenters. The summed E-state index contributed by atoms with van der Waals surface area (Å²) in [5, 5.41) is 23.1. The van der Waals surface area contributed by atoms with Gasteiger partial charge in [0.05, 0.1) is 25.4 Å². The van der Waals surface area contributed by atoms with Crippen LogP contribution in [0.2, 0.25) is 0 Å². The summed E-state index contributed by atoms with van der Waals surface area (Å²) in [6, 6.07) is -0.623. The average molecular weight is 1000 g/mol. The normalized spacial score (nSPS) is 12.7. The Balaban J connectivity index is 3.33. The van der Waals surface area contributed by atoms with Crippen molar-refractivity contribution in [2.45, 2.75) is 366 Å². The predicted molar refractivity (Wildman–Crippen MR) is 310 cm³/mol. The summed E-state index contributed by atoms with van der Waals surface area (Å²) in [4.78, 5) is 24.5. The minimum absolute atomic E-state index is 0.00980. The molecule has 0 aliphatic rings. The van der Waals surface area contributed by atoms with E-state index in [2.05, 4.69) is 31.3 Å². The molecule has 0 aromatic heterocycles. The van der Waals surface area contributed by atoms with Gasteiger partial charge < -0.3 is 20.3 Å². The van der Waals surface area contributed by atoms with Gasteiger partial charge in [-0.05, 0) is 57.8 Å². The molecule has 0 aliphatic heterocycles. The highest BCUT2D eigenvalue weighted by Crippen LogP contribution is 2.18. The van der Waals surface area contributed by atoms with Crippen molar-refractivity contribution in [2.75, 3.05) is 13.2 Å².